The van der Waals surface area contributed by atoms with E-state index in [-0.39, 0.29) is 12.0 Å². The van der Waals surface area contributed by atoms with Gasteiger partial charge in [-0.15, -0.1) is 11.6 Å². The van der Waals surface area contributed by atoms with Crippen LogP contribution >= 0.6 is 11.6 Å². The van der Waals surface area contributed by atoms with Gasteiger partial charge in [-0.1, -0.05) is 6.07 Å². The fraction of sp³-hybridized carbons (Fsp3) is 0.500. The molecule has 0 atom stereocenters. The van der Waals surface area contributed by atoms with Crippen molar-refractivity contribution >= 4 is 21.6 Å². The van der Waals surface area contributed by atoms with Crippen LogP contribution in [-0.2, 0) is 16.2 Å². The van der Waals surface area contributed by atoms with E-state index >= 15 is 0 Å². The normalized spacial score (nSPS) is 18.0. The molecule has 20 heavy (non-hydrogen) atoms. The minimum atomic E-state index is -4.57. The van der Waals surface area contributed by atoms with Crippen molar-refractivity contribution in [1.29, 1.82) is 0 Å². The molecule has 1 saturated carbocycles. The second-order valence-corrected chi connectivity index (χ2v) is 7.02. The maximum atomic E-state index is 12.6. The number of nitrogens with one attached hydrogen (secondary N) is 1. The topological polar surface area (TPSA) is 46.2 Å². The first-order valence-electron chi connectivity index (χ1n) is 5.91. The second kappa shape index (κ2) is 5.20. The van der Waals surface area contributed by atoms with Crippen LogP contribution in [0.5, 0.6) is 0 Å². The lowest BCUT2D eigenvalue weighted by Gasteiger charge is -2.14. The van der Waals surface area contributed by atoms with E-state index in [1.165, 1.54) is 0 Å². The fourth-order valence-corrected chi connectivity index (χ4v) is 3.27. The molecule has 1 N–H and O–H groups in total. The first kappa shape index (κ1) is 15.6. The molecule has 1 fully saturated rings. The zero-order valence-corrected chi connectivity index (χ0v) is 11.9. The number of hydrogen-bond donors (Lipinski definition) is 1. The van der Waals surface area contributed by atoms with Gasteiger partial charge in [0.1, 0.15) is 0 Å². The number of sulfonamides is 1. The highest BCUT2D eigenvalue weighted by molar-refractivity contribution is 7.89. The monoisotopic (exact) mass is 327 g/mol. The van der Waals surface area contributed by atoms with Gasteiger partial charge in [-0.05, 0) is 36.5 Å². The van der Waals surface area contributed by atoms with E-state index < -0.39 is 26.7 Å². The Morgan fingerprint density at radius 3 is 2.45 bits per heavy atom. The molecule has 0 unspecified atom stereocenters. The van der Waals surface area contributed by atoms with Crippen LogP contribution in [0.15, 0.2) is 29.2 Å². The van der Waals surface area contributed by atoms with Gasteiger partial charge in [-0.2, -0.15) is 13.2 Å². The number of hydrogen-bond acceptors (Lipinski definition) is 2. The van der Waals surface area contributed by atoms with Crippen LogP contribution in [0.1, 0.15) is 18.4 Å². The third-order valence-corrected chi connectivity index (χ3v) is 5.32. The van der Waals surface area contributed by atoms with Crippen LogP contribution in [0, 0.1) is 5.41 Å². The van der Waals surface area contributed by atoms with E-state index in [4.69, 9.17) is 11.6 Å². The predicted molar refractivity (Wildman–Crippen MR) is 69.0 cm³/mol. The minimum Gasteiger partial charge on any atom is -0.211 e. The smallest absolute Gasteiger partial charge is 0.211 e. The minimum absolute atomic E-state index is 0.148. The van der Waals surface area contributed by atoms with E-state index in [1.807, 2.05) is 0 Å². The summed E-state index contributed by atoms with van der Waals surface area (Å²) in [6.45, 7) is 0.148. The van der Waals surface area contributed by atoms with Crippen molar-refractivity contribution in [3.8, 4) is 0 Å². The van der Waals surface area contributed by atoms with Crippen molar-refractivity contribution in [3.63, 3.8) is 0 Å². The summed E-state index contributed by atoms with van der Waals surface area (Å²) in [7, 11) is -3.95. The number of halogens is 4. The molecule has 0 bridgehead atoms. The van der Waals surface area contributed by atoms with E-state index in [0.717, 1.165) is 31.0 Å². The van der Waals surface area contributed by atoms with Gasteiger partial charge in [-0.25, -0.2) is 13.1 Å². The van der Waals surface area contributed by atoms with E-state index in [1.54, 1.807) is 0 Å². The van der Waals surface area contributed by atoms with Crippen LogP contribution in [-0.4, -0.2) is 20.8 Å². The van der Waals surface area contributed by atoms with Crippen LogP contribution in [0.4, 0.5) is 13.2 Å². The summed E-state index contributed by atoms with van der Waals surface area (Å²) in [5.41, 5.74) is -1.23. The Kier molecular flexibility index (Phi) is 4.05. The molecular weight excluding hydrogens is 315 g/mol. The molecular formula is C12H13ClF3NO2S. The Labute approximate surface area is 120 Å². The summed E-state index contributed by atoms with van der Waals surface area (Å²) in [5, 5.41) is 0. The Hall–Kier alpha value is -0.790. The van der Waals surface area contributed by atoms with E-state index in [9.17, 15) is 21.6 Å². The summed E-state index contributed by atoms with van der Waals surface area (Å²) in [4.78, 5) is -0.391. The molecule has 0 amide bonds. The summed E-state index contributed by atoms with van der Waals surface area (Å²) < 4.78 is 64.0. The standard InChI is InChI=1S/C12H13ClF3NO2S/c13-7-11(4-5-11)8-17-20(18,19)10-3-1-2-9(6-10)12(14,15)16/h1-3,6,17H,4-5,7-8H2. The summed E-state index contributed by atoms with van der Waals surface area (Å²) in [5.74, 6) is 0.331. The highest BCUT2D eigenvalue weighted by atomic mass is 35.5. The lowest BCUT2D eigenvalue weighted by atomic mass is 10.1. The Morgan fingerprint density at radius 2 is 1.95 bits per heavy atom. The molecule has 1 aromatic rings. The molecule has 112 valence electrons. The van der Waals surface area contributed by atoms with Gasteiger partial charge < -0.3 is 0 Å². The van der Waals surface area contributed by atoms with Crippen molar-refractivity contribution < 1.29 is 21.6 Å². The molecule has 1 aliphatic carbocycles. The Morgan fingerprint density at radius 1 is 1.30 bits per heavy atom. The SMILES string of the molecule is O=S(=O)(NCC1(CCl)CC1)c1cccc(C(F)(F)F)c1. The molecule has 1 aliphatic rings. The second-order valence-electron chi connectivity index (χ2n) is 4.98. The summed E-state index contributed by atoms with van der Waals surface area (Å²) in [6, 6.07) is 3.67. The lowest BCUT2D eigenvalue weighted by Crippen LogP contribution is -2.31. The zero-order chi connectivity index (χ0) is 15.0. The Bertz CT molecular complexity index is 597. The lowest BCUT2D eigenvalue weighted by molar-refractivity contribution is -0.137. The molecule has 2 rings (SSSR count). The molecule has 8 heteroatoms. The molecule has 0 spiro atoms. The van der Waals surface area contributed by atoms with Crippen molar-refractivity contribution in [1.82, 2.24) is 4.72 Å². The highest BCUT2D eigenvalue weighted by Gasteiger charge is 2.42. The van der Waals surface area contributed by atoms with Crippen LogP contribution < -0.4 is 4.72 Å². The first-order valence-corrected chi connectivity index (χ1v) is 7.93. The maximum absolute atomic E-state index is 12.6. The molecule has 0 saturated heterocycles. The van der Waals surface area contributed by atoms with Crippen molar-refractivity contribution in [2.24, 2.45) is 5.41 Å². The van der Waals surface area contributed by atoms with Gasteiger partial charge in [0.2, 0.25) is 10.0 Å². The summed E-state index contributed by atoms with van der Waals surface area (Å²) in [6.07, 6.45) is -2.93. The van der Waals surface area contributed by atoms with E-state index in [0.29, 0.717) is 11.9 Å². The van der Waals surface area contributed by atoms with Gasteiger partial charge in [0.15, 0.2) is 0 Å². The van der Waals surface area contributed by atoms with Gasteiger partial charge in [0.05, 0.1) is 10.5 Å². The Balaban J connectivity index is 2.17. The van der Waals surface area contributed by atoms with Crippen LogP contribution in [0.25, 0.3) is 0 Å². The molecule has 3 nitrogen and oxygen atoms in total. The fourth-order valence-electron chi connectivity index (χ4n) is 1.71. The molecule has 0 aromatic heterocycles. The first-order chi connectivity index (χ1) is 9.19. The maximum Gasteiger partial charge on any atom is 0.416 e. The van der Waals surface area contributed by atoms with Gasteiger partial charge >= 0.3 is 6.18 Å². The van der Waals surface area contributed by atoms with Gasteiger partial charge in [0.25, 0.3) is 0 Å². The van der Waals surface area contributed by atoms with Crippen molar-refractivity contribution in [2.75, 3.05) is 12.4 Å². The third kappa shape index (κ3) is 3.45. The molecule has 0 heterocycles. The molecule has 0 aliphatic heterocycles. The quantitative estimate of drug-likeness (QED) is 0.845. The van der Waals surface area contributed by atoms with Gasteiger partial charge in [0, 0.05) is 12.4 Å². The molecule has 1 aromatic carbocycles. The van der Waals surface area contributed by atoms with Crippen LogP contribution in [0.2, 0.25) is 0 Å². The van der Waals surface area contributed by atoms with E-state index in [2.05, 4.69) is 4.72 Å². The average Bonchev–Trinajstić information content (AvgIpc) is 3.16. The number of alkyl halides is 4. The average molecular weight is 328 g/mol. The molecule has 0 radical (unpaired) electrons. The number of benzene rings is 1. The zero-order valence-electron chi connectivity index (χ0n) is 10.4. The summed E-state index contributed by atoms with van der Waals surface area (Å²) >= 11 is 5.73. The third-order valence-electron chi connectivity index (χ3n) is 3.35. The highest BCUT2D eigenvalue weighted by Crippen LogP contribution is 2.46. The van der Waals surface area contributed by atoms with Crippen molar-refractivity contribution in [3.05, 3.63) is 29.8 Å². The van der Waals surface area contributed by atoms with Crippen molar-refractivity contribution in [2.45, 2.75) is 23.9 Å². The predicted octanol–water partition coefficient (Wildman–Crippen LogP) is 3.00. The largest absolute Gasteiger partial charge is 0.416 e. The van der Waals surface area contributed by atoms with Gasteiger partial charge in [-0.3, -0.25) is 0 Å². The number of rotatable bonds is 5. The van der Waals surface area contributed by atoms with Crippen LogP contribution in [0.3, 0.4) is 0 Å².